The van der Waals surface area contributed by atoms with E-state index in [1.165, 1.54) is 7.11 Å². The molecule has 1 aliphatic rings. The third-order valence-electron chi connectivity index (χ3n) is 4.54. The van der Waals surface area contributed by atoms with Gasteiger partial charge in [0.2, 0.25) is 5.89 Å². The summed E-state index contributed by atoms with van der Waals surface area (Å²) in [6.07, 6.45) is 4.13. The lowest BCUT2D eigenvalue weighted by Crippen LogP contribution is -2.40. The predicted molar refractivity (Wildman–Crippen MR) is 106 cm³/mol. The number of ketones is 1. The molecule has 4 rings (SSSR count). The number of carbonyl (C=O) groups is 1. The van der Waals surface area contributed by atoms with E-state index in [1.54, 1.807) is 6.20 Å². The number of ether oxygens (including phenoxy) is 1. The van der Waals surface area contributed by atoms with Crippen molar-refractivity contribution >= 4 is 17.2 Å². The first kappa shape index (κ1) is 18.9. The molecule has 0 fully saturated rings. The Balaban J connectivity index is 1.65. The van der Waals surface area contributed by atoms with Gasteiger partial charge in [0.25, 0.3) is 5.89 Å². The number of aromatic nitrogens is 4. The number of methoxy groups -OCH3 is 1. The Hall–Kier alpha value is -3.43. The van der Waals surface area contributed by atoms with Crippen molar-refractivity contribution in [1.82, 2.24) is 25.5 Å². The van der Waals surface area contributed by atoms with E-state index >= 15 is 0 Å². The minimum Gasteiger partial charge on any atom is -0.414 e. The molecular weight excluding hydrogens is 372 g/mol. The lowest BCUT2D eigenvalue weighted by molar-refractivity contribution is -0.123. The molecule has 0 aliphatic carbocycles. The summed E-state index contributed by atoms with van der Waals surface area (Å²) >= 11 is 0. The Kier molecular flexibility index (Phi) is 5.41. The van der Waals surface area contributed by atoms with Gasteiger partial charge in [0.15, 0.2) is 17.3 Å². The largest absolute Gasteiger partial charge is 0.414 e. The molecule has 29 heavy (non-hydrogen) atoms. The molecule has 3 N–H and O–H groups in total. The minimum absolute atomic E-state index is 0.0438. The molecule has 0 amide bonds. The van der Waals surface area contributed by atoms with Crippen LogP contribution in [-0.2, 0) is 9.53 Å². The number of rotatable bonds is 6. The summed E-state index contributed by atoms with van der Waals surface area (Å²) in [4.78, 5) is 21.0. The fourth-order valence-electron chi connectivity index (χ4n) is 3.08. The van der Waals surface area contributed by atoms with Crippen LogP contribution in [0.3, 0.4) is 0 Å². The maximum Gasteiger partial charge on any atom is 0.270 e. The van der Waals surface area contributed by atoms with E-state index in [9.17, 15) is 4.79 Å². The third-order valence-corrected chi connectivity index (χ3v) is 4.54. The third kappa shape index (κ3) is 4.05. The molecule has 148 valence electrons. The highest BCUT2D eigenvalue weighted by Crippen LogP contribution is 2.28. The van der Waals surface area contributed by atoms with Crippen molar-refractivity contribution in [2.45, 2.75) is 12.5 Å². The molecule has 0 bridgehead atoms. The lowest BCUT2D eigenvalue weighted by Gasteiger charge is -2.21. The highest BCUT2D eigenvalue weighted by atomic mass is 16.5. The van der Waals surface area contributed by atoms with Gasteiger partial charge in [-0.1, -0.05) is 24.3 Å². The molecule has 9 heteroatoms. The lowest BCUT2D eigenvalue weighted by atomic mass is 9.99. The van der Waals surface area contributed by atoms with Crippen molar-refractivity contribution in [2.24, 2.45) is 0 Å². The van der Waals surface area contributed by atoms with Crippen LogP contribution in [0.5, 0.6) is 0 Å². The SMILES string of the molecule is COCC(=O)C1C=C(c2cnc(N)c(-c3nnc(-c4ccccc4)o3)n2)CCN1. The Labute approximate surface area is 167 Å². The Bertz CT molecular complexity index is 1050. The zero-order chi connectivity index (χ0) is 20.2. The van der Waals surface area contributed by atoms with Crippen LogP contribution < -0.4 is 11.1 Å². The molecule has 0 saturated heterocycles. The van der Waals surface area contributed by atoms with Gasteiger partial charge in [-0.15, -0.1) is 10.2 Å². The zero-order valence-electron chi connectivity index (χ0n) is 15.8. The highest BCUT2D eigenvalue weighted by Gasteiger charge is 2.23. The summed E-state index contributed by atoms with van der Waals surface area (Å²) in [5.74, 6) is 0.715. The molecule has 3 aromatic rings. The van der Waals surface area contributed by atoms with E-state index in [-0.39, 0.29) is 24.1 Å². The number of nitrogens with one attached hydrogen (secondary N) is 1. The summed E-state index contributed by atoms with van der Waals surface area (Å²) in [6, 6.07) is 9.01. The number of hydrogen-bond acceptors (Lipinski definition) is 9. The van der Waals surface area contributed by atoms with E-state index in [0.29, 0.717) is 30.2 Å². The Morgan fingerprint density at radius 2 is 2.07 bits per heavy atom. The molecule has 1 aliphatic heterocycles. The quantitative estimate of drug-likeness (QED) is 0.644. The van der Waals surface area contributed by atoms with Gasteiger partial charge in [0.1, 0.15) is 6.61 Å². The van der Waals surface area contributed by atoms with Crippen LogP contribution in [-0.4, -0.2) is 52.3 Å². The van der Waals surface area contributed by atoms with Gasteiger partial charge in [-0.05, 0) is 24.1 Å². The number of nitrogens with two attached hydrogens (primary N) is 1. The number of Topliss-reactive ketones (excluding diaryl/α,β-unsaturated/α-hetero) is 1. The normalized spacial score (nSPS) is 16.4. The summed E-state index contributed by atoms with van der Waals surface area (Å²) in [7, 11) is 1.50. The van der Waals surface area contributed by atoms with Crippen molar-refractivity contribution in [3.8, 4) is 23.0 Å². The number of carbonyl (C=O) groups excluding carboxylic acids is 1. The average molecular weight is 392 g/mol. The minimum atomic E-state index is -0.422. The van der Waals surface area contributed by atoms with Crippen LogP contribution in [0.2, 0.25) is 0 Å². The smallest absolute Gasteiger partial charge is 0.270 e. The van der Waals surface area contributed by atoms with Gasteiger partial charge in [0, 0.05) is 19.2 Å². The fraction of sp³-hybridized carbons (Fsp3) is 0.250. The fourth-order valence-corrected chi connectivity index (χ4v) is 3.08. The summed E-state index contributed by atoms with van der Waals surface area (Å²) in [5, 5.41) is 11.3. The molecule has 3 heterocycles. The standard InChI is InChI=1S/C20H20N6O3/c1-28-11-16(27)14-9-13(7-8-22-14)15-10-23-18(21)17(24-15)20-26-25-19(29-20)12-5-3-2-4-6-12/h2-6,9-10,14,22H,7-8,11H2,1H3,(H2,21,23). The van der Waals surface area contributed by atoms with Gasteiger partial charge in [-0.3, -0.25) is 4.79 Å². The predicted octanol–water partition coefficient (Wildman–Crippen LogP) is 1.74. The number of nitrogen functional groups attached to an aromatic ring is 1. The number of hydrogen-bond donors (Lipinski definition) is 2. The highest BCUT2D eigenvalue weighted by molar-refractivity contribution is 5.89. The van der Waals surface area contributed by atoms with Crippen molar-refractivity contribution < 1.29 is 13.9 Å². The summed E-state index contributed by atoms with van der Waals surface area (Å²) < 4.78 is 10.7. The number of nitrogens with zero attached hydrogens (tertiary/aromatic N) is 4. The molecule has 1 aromatic carbocycles. The Morgan fingerprint density at radius 3 is 2.86 bits per heavy atom. The summed E-state index contributed by atoms with van der Waals surface area (Å²) in [5.41, 5.74) is 8.64. The second-order valence-corrected chi connectivity index (χ2v) is 6.54. The van der Waals surface area contributed by atoms with E-state index in [4.69, 9.17) is 14.9 Å². The number of benzene rings is 1. The Morgan fingerprint density at radius 1 is 1.28 bits per heavy atom. The molecule has 1 atom stereocenters. The first-order chi connectivity index (χ1) is 14.2. The van der Waals surface area contributed by atoms with Crippen molar-refractivity contribution in [2.75, 3.05) is 26.0 Å². The van der Waals surface area contributed by atoms with Crippen LogP contribution >= 0.6 is 0 Å². The van der Waals surface area contributed by atoms with Gasteiger partial charge in [-0.2, -0.15) is 0 Å². The molecule has 0 spiro atoms. The van der Waals surface area contributed by atoms with Gasteiger partial charge < -0.3 is 20.2 Å². The van der Waals surface area contributed by atoms with Crippen molar-refractivity contribution in [3.63, 3.8) is 0 Å². The average Bonchev–Trinajstić information content (AvgIpc) is 3.25. The molecule has 1 unspecified atom stereocenters. The van der Waals surface area contributed by atoms with Crippen molar-refractivity contribution in [1.29, 1.82) is 0 Å². The van der Waals surface area contributed by atoms with Gasteiger partial charge in [-0.25, -0.2) is 9.97 Å². The second kappa shape index (κ2) is 8.29. The van der Waals surface area contributed by atoms with Crippen LogP contribution in [0, 0.1) is 0 Å². The van der Waals surface area contributed by atoms with Gasteiger partial charge in [0.05, 0.1) is 17.9 Å². The molecule has 0 saturated carbocycles. The van der Waals surface area contributed by atoms with Crippen LogP contribution in [0.4, 0.5) is 5.82 Å². The van der Waals surface area contributed by atoms with Gasteiger partial charge >= 0.3 is 0 Å². The van der Waals surface area contributed by atoms with E-state index in [2.05, 4.69) is 25.5 Å². The molecular formula is C20H20N6O3. The first-order valence-corrected chi connectivity index (χ1v) is 9.13. The molecule has 2 aromatic heterocycles. The topological polar surface area (TPSA) is 129 Å². The molecule has 9 nitrogen and oxygen atoms in total. The monoisotopic (exact) mass is 392 g/mol. The van der Waals surface area contributed by atoms with E-state index in [0.717, 1.165) is 11.1 Å². The maximum absolute atomic E-state index is 12.1. The van der Waals surface area contributed by atoms with E-state index < -0.39 is 6.04 Å². The van der Waals surface area contributed by atoms with Crippen LogP contribution in [0.1, 0.15) is 12.1 Å². The number of anilines is 1. The maximum atomic E-state index is 12.1. The zero-order valence-corrected chi connectivity index (χ0v) is 15.8. The van der Waals surface area contributed by atoms with Crippen molar-refractivity contribution in [3.05, 3.63) is 48.3 Å². The van der Waals surface area contributed by atoms with Crippen LogP contribution in [0.25, 0.3) is 28.6 Å². The molecule has 0 radical (unpaired) electrons. The second-order valence-electron chi connectivity index (χ2n) is 6.54. The summed E-state index contributed by atoms with van der Waals surface area (Å²) in [6.45, 7) is 0.691. The first-order valence-electron chi connectivity index (χ1n) is 9.13. The van der Waals surface area contributed by atoms with Crippen LogP contribution in [0.15, 0.2) is 47.0 Å². The van der Waals surface area contributed by atoms with E-state index in [1.807, 2.05) is 36.4 Å².